The van der Waals surface area contributed by atoms with Gasteiger partial charge in [-0.1, -0.05) is 54.1 Å². The summed E-state index contributed by atoms with van der Waals surface area (Å²) < 4.78 is 17.1. The monoisotopic (exact) mass is 612 g/mol. The van der Waals surface area contributed by atoms with Crippen LogP contribution < -0.4 is 24.4 Å². The molecule has 1 saturated heterocycles. The summed E-state index contributed by atoms with van der Waals surface area (Å²) in [6.45, 7) is 0.422. The van der Waals surface area contributed by atoms with Gasteiger partial charge in [0.2, 0.25) is 0 Å². The van der Waals surface area contributed by atoms with Crippen molar-refractivity contribution in [1.29, 1.82) is 0 Å². The molecule has 1 aliphatic rings. The minimum Gasteiger partial charge on any atom is -0.493 e. The average molecular weight is 613 g/mol. The Morgan fingerprint density at radius 3 is 2.20 bits per heavy atom. The molecular weight excluding hydrogens is 588 g/mol. The number of carbonyl (C=O) groups is 4. The van der Waals surface area contributed by atoms with E-state index in [0.717, 1.165) is 10.5 Å². The smallest absolute Gasteiger partial charge is 0.335 e. The van der Waals surface area contributed by atoms with E-state index in [1.807, 2.05) is 30.3 Å². The summed E-state index contributed by atoms with van der Waals surface area (Å²) in [6, 6.07) is 24.2. The molecule has 5 rings (SSSR count). The number of urea groups is 1. The fourth-order valence-electron chi connectivity index (χ4n) is 4.35. The van der Waals surface area contributed by atoms with Crippen molar-refractivity contribution in [2.24, 2.45) is 0 Å². The van der Waals surface area contributed by atoms with Gasteiger partial charge in [-0.2, -0.15) is 0 Å². The number of benzene rings is 4. The quantitative estimate of drug-likeness (QED) is 0.168. The normalized spacial score (nSPS) is 13.9. The standard InChI is InChI=1S/C33H25ClN2O8/c1-42-28-17-22(16-27(34)29(28)44-19-21-7-9-23(10-8-21)32(39)40)15-26-30(37)35-33(41)36(31(26)38)24-11-13-25(14-12-24)43-18-20-5-3-2-4-6-20/h2-17H,18-19H2,1H3,(H,39,40)(H,35,37,41)/b26-15+. The van der Waals surface area contributed by atoms with Gasteiger partial charge in [0.15, 0.2) is 11.5 Å². The Kier molecular flexibility index (Phi) is 8.92. The number of carboxylic acids is 1. The number of methoxy groups -OCH3 is 1. The van der Waals surface area contributed by atoms with Crippen LogP contribution in [-0.4, -0.2) is 36.0 Å². The maximum absolute atomic E-state index is 13.4. The highest BCUT2D eigenvalue weighted by atomic mass is 35.5. The molecule has 1 aliphatic heterocycles. The van der Waals surface area contributed by atoms with Crippen molar-refractivity contribution >= 4 is 47.2 Å². The first-order valence-electron chi connectivity index (χ1n) is 13.2. The third kappa shape index (κ3) is 6.71. The van der Waals surface area contributed by atoms with Gasteiger partial charge in [-0.25, -0.2) is 14.5 Å². The van der Waals surface area contributed by atoms with Gasteiger partial charge >= 0.3 is 12.0 Å². The number of nitrogens with zero attached hydrogens (tertiary/aromatic N) is 1. The summed E-state index contributed by atoms with van der Waals surface area (Å²) in [5.74, 6) is -1.74. The maximum Gasteiger partial charge on any atom is 0.335 e. The van der Waals surface area contributed by atoms with Crippen LogP contribution in [0.5, 0.6) is 17.2 Å². The second kappa shape index (κ2) is 13.1. The van der Waals surface area contributed by atoms with Gasteiger partial charge in [-0.05, 0) is 71.3 Å². The van der Waals surface area contributed by atoms with Crippen molar-refractivity contribution in [3.05, 3.63) is 124 Å². The predicted molar refractivity (Wildman–Crippen MR) is 162 cm³/mol. The Bertz CT molecular complexity index is 1750. The zero-order chi connectivity index (χ0) is 31.2. The number of halogens is 1. The highest BCUT2D eigenvalue weighted by molar-refractivity contribution is 6.39. The lowest BCUT2D eigenvalue weighted by molar-refractivity contribution is -0.122. The number of rotatable bonds is 10. The molecule has 10 nitrogen and oxygen atoms in total. The third-order valence-corrected chi connectivity index (χ3v) is 6.87. The fourth-order valence-corrected chi connectivity index (χ4v) is 4.63. The number of imide groups is 2. The number of hydrogen-bond donors (Lipinski definition) is 2. The zero-order valence-corrected chi connectivity index (χ0v) is 24.0. The number of barbiturate groups is 1. The minimum atomic E-state index is -1.04. The van der Waals surface area contributed by atoms with Gasteiger partial charge in [-0.15, -0.1) is 0 Å². The molecule has 0 saturated carbocycles. The van der Waals surface area contributed by atoms with Gasteiger partial charge in [0.1, 0.15) is 24.5 Å². The van der Waals surface area contributed by atoms with E-state index >= 15 is 0 Å². The molecule has 44 heavy (non-hydrogen) atoms. The topological polar surface area (TPSA) is 131 Å². The molecular formula is C33H25ClN2O8. The first-order valence-corrected chi connectivity index (χ1v) is 13.6. The third-order valence-electron chi connectivity index (χ3n) is 6.59. The lowest BCUT2D eigenvalue weighted by atomic mass is 10.1. The van der Waals surface area contributed by atoms with Crippen LogP contribution in [0.1, 0.15) is 27.0 Å². The molecule has 0 radical (unpaired) electrons. The lowest BCUT2D eigenvalue weighted by Gasteiger charge is -2.26. The number of carbonyl (C=O) groups excluding carboxylic acids is 3. The van der Waals surface area contributed by atoms with Crippen molar-refractivity contribution in [3.8, 4) is 17.2 Å². The second-order valence-electron chi connectivity index (χ2n) is 9.55. The van der Waals surface area contributed by atoms with E-state index in [4.69, 9.17) is 30.9 Å². The summed E-state index contributed by atoms with van der Waals surface area (Å²) in [5.41, 5.74) is 2.13. The Labute approximate surface area is 257 Å². The van der Waals surface area contributed by atoms with Crippen molar-refractivity contribution < 1.29 is 38.5 Å². The minimum absolute atomic E-state index is 0.0739. The van der Waals surface area contributed by atoms with Gasteiger partial charge in [0, 0.05) is 0 Å². The first kappa shape index (κ1) is 29.9. The van der Waals surface area contributed by atoms with E-state index in [9.17, 15) is 19.2 Å². The average Bonchev–Trinajstić information content (AvgIpc) is 3.02. The van der Waals surface area contributed by atoms with Gasteiger partial charge in [0.05, 0.1) is 23.4 Å². The predicted octanol–water partition coefficient (Wildman–Crippen LogP) is 5.87. The molecule has 0 spiro atoms. The highest BCUT2D eigenvalue weighted by Crippen LogP contribution is 2.38. The van der Waals surface area contributed by atoms with E-state index in [0.29, 0.717) is 23.5 Å². The van der Waals surface area contributed by atoms with Crippen molar-refractivity contribution in [1.82, 2.24) is 5.32 Å². The molecule has 1 fully saturated rings. The Morgan fingerprint density at radius 2 is 1.55 bits per heavy atom. The van der Waals surface area contributed by atoms with Crippen molar-refractivity contribution in [2.45, 2.75) is 13.2 Å². The van der Waals surface area contributed by atoms with E-state index in [2.05, 4.69) is 5.32 Å². The van der Waals surface area contributed by atoms with Crippen LogP contribution in [0.25, 0.3) is 6.08 Å². The van der Waals surface area contributed by atoms with E-state index in [1.165, 1.54) is 37.5 Å². The molecule has 4 amide bonds. The largest absolute Gasteiger partial charge is 0.493 e. The summed E-state index contributed by atoms with van der Waals surface area (Å²) in [6.07, 6.45) is 1.30. The maximum atomic E-state index is 13.4. The number of hydrogen-bond acceptors (Lipinski definition) is 7. The van der Waals surface area contributed by atoms with E-state index in [-0.39, 0.29) is 40.0 Å². The molecule has 0 unspecified atom stereocenters. The zero-order valence-electron chi connectivity index (χ0n) is 23.3. The molecule has 1 heterocycles. The van der Waals surface area contributed by atoms with Crippen LogP contribution in [0.15, 0.2) is 96.6 Å². The van der Waals surface area contributed by atoms with E-state index < -0.39 is 23.8 Å². The van der Waals surface area contributed by atoms with Crippen LogP contribution in [0.3, 0.4) is 0 Å². The van der Waals surface area contributed by atoms with Crippen LogP contribution in [0.4, 0.5) is 10.5 Å². The molecule has 0 bridgehead atoms. The van der Waals surface area contributed by atoms with Crippen molar-refractivity contribution in [3.63, 3.8) is 0 Å². The number of carboxylic acid groups (broad SMARTS) is 1. The summed E-state index contributed by atoms with van der Waals surface area (Å²) in [7, 11) is 1.41. The first-order chi connectivity index (χ1) is 21.2. The summed E-state index contributed by atoms with van der Waals surface area (Å²) in [4.78, 5) is 50.7. The van der Waals surface area contributed by atoms with E-state index in [1.54, 1.807) is 36.4 Å². The van der Waals surface area contributed by atoms with Crippen LogP contribution in [-0.2, 0) is 22.8 Å². The number of aromatic carboxylic acids is 1. The fraction of sp³-hybridized carbons (Fsp3) is 0.0909. The molecule has 222 valence electrons. The van der Waals surface area contributed by atoms with Crippen LogP contribution >= 0.6 is 11.6 Å². The second-order valence-corrected chi connectivity index (χ2v) is 9.96. The molecule has 0 aromatic heterocycles. The van der Waals surface area contributed by atoms with Crippen molar-refractivity contribution in [2.75, 3.05) is 12.0 Å². The Morgan fingerprint density at radius 1 is 0.886 bits per heavy atom. The van der Waals surface area contributed by atoms with Gasteiger partial charge < -0.3 is 19.3 Å². The number of anilines is 1. The molecule has 0 aliphatic carbocycles. The number of ether oxygens (including phenoxy) is 3. The van der Waals surface area contributed by atoms with Gasteiger partial charge in [0.25, 0.3) is 11.8 Å². The molecule has 2 N–H and O–H groups in total. The molecule has 4 aromatic rings. The highest BCUT2D eigenvalue weighted by Gasteiger charge is 2.37. The molecule has 0 atom stereocenters. The number of nitrogens with one attached hydrogen (secondary N) is 1. The summed E-state index contributed by atoms with van der Waals surface area (Å²) in [5, 5.41) is 11.4. The van der Waals surface area contributed by atoms with Gasteiger partial charge in [-0.3, -0.25) is 14.9 Å². The molecule has 11 heteroatoms. The molecule has 4 aromatic carbocycles. The summed E-state index contributed by atoms with van der Waals surface area (Å²) >= 11 is 6.49. The number of amides is 4. The van der Waals surface area contributed by atoms with Crippen LogP contribution in [0, 0.1) is 0 Å². The Hall–Kier alpha value is -5.61. The lowest BCUT2D eigenvalue weighted by Crippen LogP contribution is -2.54. The SMILES string of the molecule is COc1cc(/C=C2\C(=O)NC(=O)N(c3ccc(OCc4ccccc4)cc3)C2=O)cc(Cl)c1OCc1ccc(C(=O)O)cc1. The Balaban J connectivity index is 1.33. The van der Waals surface area contributed by atoms with Crippen LogP contribution in [0.2, 0.25) is 5.02 Å².